The summed E-state index contributed by atoms with van der Waals surface area (Å²) in [6.45, 7) is 9.08. The fourth-order valence-electron chi connectivity index (χ4n) is 4.39. The van der Waals surface area contributed by atoms with Gasteiger partial charge < -0.3 is 9.64 Å². The Morgan fingerprint density at radius 2 is 1.91 bits per heavy atom. The number of anilines is 1. The number of nitrogens with zero attached hydrogens (tertiary/aromatic N) is 4. The molecule has 0 radical (unpaired) electrons. The zero-order chi connectivity index (χ0) is 22.8. The van der Waals surface area contributed by atoms with E-state index in [2.05, 4.69) is 39.4 Å². The third kappa shape index (κ3) is 4.10. The van der Waals surface area contributed by atoms with Crippen LogP contribution in [0.2, 0.25) is 0 Å². The minimum absolute atomic E-state index is 0.0282. The lowest BCUT2D eigenvalue weighted by Crippen LogP contribution is -2.36. The molecule has 4 aromatic rings. The van der Waals surface area contributed by atoms with Gasteiger partial charge in [0.2, 0.25) is 0 Å². The van der Waals surface area contributed by atoms with Gasteiger partial charge in [0.25, 0.3) is 0 Å². The maximum atomic E-state index is 15.1. The number of halogens is 1. The highest BCUT2D eigenvalue weighted by Crippen LogP contribution is 2.34. The summed E-state index contributed by atoms with van der Waals surface area (Å²) in [6, 6.07) is 15.1. The minimum atomic E-state index is -0.312. The number of pyridine rings is 1. The van der Waals surface area contributed by atoms with Crippen LogP contribution in [0.5, 0.6) is 0 Å². The highest BCUT2D eigenvalue weighted by atomic mass is 19.1. The molecule has 166 valence electrons. The molecule has 1 saturated heterocycles. The summed E-state index contributed by atoms with van der Waals surface area (Å²) >= 11 is 0. The lowest BCUT2D eigenvalue weighted by atomic mass is 9.91. The molecule has 2 aromatic carbocycles. The van der Waals surface area contributed by atoms with E-state index in [1.165, 1.54) is 12.4 Å². The standard InChI is InChI=1S/C27H25FN4O/c1-3-19-5-4-10-29-26(19)18(2)20-6-9-24(28)23(15-20)27-22-8-7-21(16-25(22)30-17-31-27)32-11-13-33-14-12-32/h3-10,15-18H,1,11-14H2,2H3/t18-/m0/s1. The quantitative estimate of drug-likeness (QED) is 0.412. The second kappa shape index (κ2) is 9.08. The van der Waals surface area contributed by atoms with Gasteiger partial charge in [-0.3, -0.25) is 4.98 Å². The summed E-state index contributed by atoms with van der Waals surface area (Å²) in [5, 5.41) is 0.822. The van der Waals surface area contributed by atoms with Gasteiger partial charge in [-0.2, -0.15) is 0 Å². The molecule has 6 heteroatoms. The normalized spacial score (nSPS) is 14.9. The van der Waals surface area contributed by atoms with Gasteiger partial charge in [-0.15, -0.1) is 0 Å². The molecule has 5 rings (SSSR count). The van der Waals surface area contributed by atoms with Gasteiger partial charge >= 0.3 is 0 Å². The van der Waals surface area contributed by atoms with E-state index >= 15 is 4.39 Å². The fourth-order valence-corrected chi connectivity index (χ4v) is 4.39. The molecule has 1 aliphatic heterocycles. The SMILES string of the molecule is C=Cc1cccnc1[C@@H](C)c1ccc(F)c(-c2ncnc3cc(N4CCOCC4)ccc23)c1. The molecule has 5 nitrogen and oxygen atoms in total. The first-order chi connectivity index (χ1) is 16.2. The molecule has 1 atom stereocenters. The third-order valence-corrected chi connectivity index (χ3v) is 6.24. The minimum Gasteiger partial charge on any atom is -0.378 e. The van der Waals surface area contributed by atoms with E-state index in [4.69, 9.17) is 4.74 Å². The smallest absolute Gasteiger partial charge is 0.132 e. The van der Waals surface area contributed by atoms with Crippen molar-refractivity contribution >= 4 is 22.7 Å². The van der Waals surface area contributed by atoms with Gasteiger partial charge in [0.15, 0.2) is 0 Å². The molecule has 0 saturated carbocycles. The van der Waals surface area contributed by atoms with Crippen LogP contribution in [0.1, 0.15) is 29.7 Å². The van der Waals surface area contributed by atoms with Gasteiger partial charge in [0.05, 0.1) is 30.1 Å². The van der Waals surface area contributed by atoms with Crippen LogP contribution < -0.4 is 4.90 Å². The first kappa shape index (κ1) is 21.2. The van der Waals surface area contributed by atoms with E-state index in [-0.39, 0.29) is 11.7 Å². The van der Waals surface area contributed by atoms with E-state index in [9.17, 15) is 0 Å². The first-order valence-electron chi connectivity index (χ1n) is 11.1. The summed E-state index contributed by atoms with van der Waals surface area (Å²) in [7, 11) is 0. The van der Waals surface area contributed by atoms with E-state index < -0.39 is 0 Å². The van der Waals surface area contributed by atoms with Crippen molar-refractivity contribution in [3.63, 3.8) is 0 Å². The maximum Gasteiger partial charge on any atom is 0.132 e. The van der Waals surface area contributed by atoms with Crippen LogP contribution in [0.15, 0.2) is 67.6 Å². The molecule has 33 heavy (non-hydrogen) atoms. The lowest BCUT2D eigenvalue weighted by Gasteiger charge is -2.29. The molecule has 0 spiro atoms. The zero-order valence-corrected chi connectivity index (χ0v) is 18.5. The predicted molar refractivity (Wildman–Crippen MR) is 130 cm³/mol. The molecule has 1 fully saturated rings. The Hall–Kier alpha value is -3.64. The second-order valence-electron chi connectivity index (χ2n) is 8.17. The molecule has 0 aliphatic carbocycles. The number of rotatable bonds is 5. The van der Waals surface area contributed by atoms with Gasteiger partial charge in [-0.25, -0.2) is 14.4 Å². The Bertz CT molecular complexity index is 1320. The first-order valence-corrected chi connectivity index (χ1v) is 11.1. The molecular formula is C27H25FN4O. The van der Waals surface area contributed by atoms with Crippen molar-refractivity contribution in [3.8, 4) is 11.3 Å². The Morgan fingerprint density at radius 3 is 2.73 bits per heavy atom. The van der Waals surface area contributed by atoms with Crippen molar-refractivity contribution in [2.45, 2.75) is 12.8 Å². The highest BCUT2D eigenvalue weighted by Gasteiger charge is 2.18. The Morgan fingerprint density at radius 1 is 1.06 bits per heavy atom. The van der Waals surface area contributed by atoms with Crippen molar-refractivity contribution in [2.75, 3.05) is 31.2 Å². The van der Waals surface area contributed by atoms with Crippen LogP contribution in [0, 0.1) is 5.82 Å². The number of hydrogen-bond donors (Lipinski definition) is 0. The summed E-state index contributed by atoms with van der Waals surface area (Å²) in [5.41, 5.74) is 5.77. The average Bonchev–Trinajstić information content (AvgIpc) is 2.88. The second-order valence-corrected chi connectivity index (χ2v) is 8.17. The summed E-state index contributed by atoms with van der Waals surface area (Å²) < 4.78 is 20.5. The van der Waals surface area contributed by atoms with E-state index in [0.717, 1.165) is 46.5 Å². The predicted octanol–water partition coefficient (Wildman–Crippen LogP) is 5.46. The molecular weight excluding hydrogens is 415 g/mol. The fraction of sp³-hybridized carbons (Fsp3) is 0.222. The number of benzene rings is 2. The van der Waals surface area contributed by atoms with E-state index in [0.29, 0.717) is 24.5 Å². The van der Waals surface area contributed by atoms with Crippen molar-refractivity contribution in [1.29, 1.82) is 0 Å². The Balaban J connectivity index is 1.56. The summed E-state index contributed by atoms with van der Waals surface area (Å²) in [5.74, 6) is -0.340. The van der Waals surface area contributed by atoms with Crippen LogP contribution in [-0.4, -0.2) is 41.3 Å². The number of aromatic nitrogens is 3. The average molecular weight is 441 g/mol. The van der Waals surface area contributed by atoms with E-state index in [1.807, 2.05) is 36.4 Å². The molecule has 0 unspecified atom stereocenters. The summed E-state index contributed by atoms with van der Waals surface area (Å²) in [4.78, 5) is 15.8. The number of hydrogen-bond acceptors (Lipinski definition) is 5. The maximum absolute atomic E-state index is 15.1. The van der Waals surface area contributed by atoms with Crippen LogP contribution in [-0.2, 0) is 4.74 Å². The van der Waals surface area contributed by atoms with Crippen molar-refractivity contribution in [3.05, 3.63) is 90.3 Å². The lowest BCUT2D eigenvalue weighted by molar-refractivity contribution is 0.122. The monoisotopic (exact) mass is 440 g/mol. The van der Waals surface area contributed by atoms with Gasteiger partial charge in [0.1, 0.15) is 12.1 Å². The molecule has 3 heterocycles. The Kier molecular flexibility index (Phi) is 5.84. The van der Waals surface area contributed by atoms with Crippen LogP contribution in [0.3, 0.4) is 0 Å². The number of morpholine rings is 1. The highest BCUT2D eigenvalue weighted by molar-refractivity contribution is 5.94. The zero-order valence-electron chi connectivity index (χ0n) is 18.5. The molecule has 1 aliphatic rings. The largest absolute Gasteiger partial charge is 0.378 e. The summed E-state index contributed by atoms with van der Waals surface area (Å²) in [6.07, 6.45) is 5.07. The van der Waals surface area contributed by atoms with Crippen molar-refractivity contribution in [1.82, 2.24) is 15.0 Å². The van der Waals surface area contributed by atoms with Crippen LogP contribution in [0.25, 0.3) is 28.2 Å². The van der Waals surface area contributed by atoms with Crippen LogP contribution in [0.4, 0.5) is 10.1 Å². The number of fused-ring (bicyclic) bond motifs is 1. The molecule has 2 aromatic heterocycles. The Labute approximate surface area is 192 Å². The van der Waals surface area contributed by atoms with Gasteiger partial charge in [0, 0.05) is 41.8 Å². The molecule has 0 N–H and O–H groups in total. The van der Waals surface area contributed by atoms with Gasteiger partial charge in [-0.05, 0) is 47.5 Å². The van der Waals surface area contributed by atoms with E-state index in [1.54, 1.807) is 12.3 Å². The van der Waals surface area contributed by atoms with Crippen LogP contribution >= 0.6 is 0 Å². The van der Waals surface area contributed by atoms with Gasteiger partial charge in [-0.1, -0.05) is 31.7 Å². The third-order valence-electron chi connectivity index (χ3n) is 6.24. The van der Waals surface area contributed by atoms with Crippen molar-refractivity contribution in [2.24, 2.45) is 0 Å². The number of ether oxygens (including phenoxy) is 1. The molecule has 0 bridgehead atoms. The molecule has 0 amide bonds. The topological polar surface area (TPSA) is 51.1 Å². The van der Waals surface area contributed by atoms with Crippen molar-refractivity contribution < 1.29 is 9.13 Å².